The van der Waals surface area contributed by atoms with Crippen LogP contribution in [0, 0.1) is 6.92 Å². The molecule has 118 valence electrons. The third-order valence-corrected chi connectivity index (χ3v) is 6.35. The third-order valence-electron chi connectivity index (χ3n) is 4.29. The molecule has 1 heterocycles. The molecular weight excluding hydrogens is 288 g/mol. The minimum Gasteiger partial charge on any atom is -0.392 e. The van der Waals surface area contributed by atoms with Crippen LogP contribution in [0.2, 0.25) is 0 Å². The molecule has 0 bridgehead atoms. The van der Waals surface area contributed by atoms with Crippen LogP contribution in [0.1, 0.15) is 24.0 Å². The lowest BCUT2D eigenvalue weighted by Crippen LogP contribution is -2.44. The van der Waals surface area contributed by atoms with E-state index in [1.807, 2.05) is 0 Å². The molecule has 0 radical (unpaired) electrons. The minimum atomic E-state index is -3.52. The number of hydrogen-bond acceptors (Lipinski definition) is 4. The Morgan fingerprint density at radius 2 is 1.95 bits per heavy atom. The number of piperidine rings is 1. The Bertz CT molecular complexity index is 593. The van der Waals surface area contributed by atoms with Crippen LogP contribution < -0.4 is 0 Å². The van der Waals surface area contributed by atoms with Crippen molar-refractivity contribution in [3.63, 3.8) is 0 Å². The second-order valence-corrected chi connectivity index (χ2v) is 7.78. The number of hydrogen-bond donors (Lipinski definition) is 1. The number of aryl methyl sites for hydroxylation is 1. The Morgan fingerprint density at radius 3 is 2.52 bits per heavy atom. The first-order valence-electron chi connectivity index (χ1n) is 7.23. The van der Waals surface area contributed by atoms with Gasteiger partial charge >= 0.3 is 0 Å². The molecule has 1 N–H and O–H groups in total. The summed E-state index contributed by atoms with van der Waals surface area (Å²) in [5.41, 5.74) is 1.34. The average molecular weight is 312 g/mol. The summed E-state index contributed by atoms with van der Waals surface area (Å²) in [7, 11) is 0.203. The van der Waals surface area contributed by atoms with E-state index in [1.54, 1.807) is 32.2 Å². The molecule has 0 spiro atoms. The van der Waals surface area contributed by atoms with E-state index < -0.39 is 10.0 Å². The van der Waals surface area contributed by atoms with E-state index in [4.69, 9.17) is 0 Å². The van der Waals surface area contributed by atoms with Gasteiger partial charge in [-0.05, 0) is 57.1 Å². The lowest BCUT2D eigenvalue weighted by molar-refractivity contribution is 0.197. The quantitative estimate of drug-likeness (QED) is 0.907. The molecule has 21 heavy (non-hydrogen) atoms. The third kappa shape index (κ3) is 3.45. The van der Waals surface area contributed by atoms with Gasteiger partial charge in [-0.2, -0.15) is 4.31 Å². The zero-order valence-electron chi connectivity index (χ0n) is 12.9. The molecule has 0 saturated carbocycles. The highest BCUT2D eigenvalue weighted by Crippen LogP contribution is 2.25. The summed E-state index contributed by atoms with van der Waals surface area (Å²) < 4.78 is 27.2. The van der Waals surface area contributed by atoms with Crippen molar-refractivity contribution in [3.05, 3.63) is 29.3 Å². The van der Waals surface area contributed by atoms with Crippen molar-refractivity contribution in [2.24, 2.45) is 0 Å². The first-order chi connectivity index (χ1) is 9.86. The molecule has 5 nitrogen and oxygen atoms in total. The van der Waals surface area contributed by atoms with Crippen molar-refractivity contribution in [1.82, 2.24) is 9.21 Å². The Kier molecular flexibility index (Phi) is 5.03. The van der Waals surface area contributed by atoms with Gasteiger partial charge in [0.15, 0.2) is 0 Å². The van der Waals surface area contributed by atoms with Crippen molar-refractivity contribution in [2.75, 3.05) is 27.2 Å². The number of rotatable bonds is 4. The van der Waals surface area contributed by atoms with Crippen LogP contribution in [0.15, 0.2) is 23.1 Å². The molecule has 0 amide bonds. The van der Waals surface area contributed by atoms with Crippen molar-refractivity contribution in [2.45, 2.75) is 37.3 Å². The van der Waals surface area contributed by atoms with Crippen LogP contribution >= 0.6 is 0 Å². The Hall–Kier alpha value is -0.950. The van der Waals surface area contributed by atoms with Gasteiger partial charge < -0.3 is 10.0 Å². The van der Waals surface area contributed by atoms with Gasteiger partial charge in [0.05, 0.1) is 11.5 Å². The van der Waals surface area contributed by atoms with Crippen LogP contribution in [0.4, 0.5) is 0 Å². The molecule has 0 aliphatic carbocycles. The minimum absolute atomic E-state index is 0.0448. The number of aliphatic hydroxyl groups excluding tert-OH is 1. The number of likely N-dealkylation sites (tertiary alicyclic amines) is 1. The van der Waals surface area contributed by atoms with Crippen molar-refractivity contribution in [1.29, 1.82) is 0 Å². The van der Waals surface area contributed by atoms with Crippen molar-refractivity contribution in [3.8, 4) is 0 Å². The van der Waals surface area contributed by atoms with Gasteiger partial charge in [-0.15, -0.1) is 0 Å². The van der Waals surface area contributed by atoms with Crippen LogP contribution in [0.3, 0.4) is 0 Å². The molecule has 1 aliphatic rings. The Morgan fingerprint density at radius 1 is 1.33 bits per heavy atom. The summed E-state index contributed by atoms with van der Waals surface area (Å²) in [4.78, 5) is 2.52. The maximum absolute atomic E-state index is 12.8. The van der Waals surface area contributed by atoms with Gasteiger partial charge in [0.25, 0.3) is 0 Å². The van der Waals surface area contributed by atoms with Gasteiger partial charge in [0, 0.05) is 13.1 Å². The Balaban J connectivity index is 2.29. The molecular formula is C15H24N2O3S. The largest absolute Gasteiger partial charge is 0.392 e. The number of aliphatic hydroxyl groups is 1. The molecule has 2 rings (SSSR count). The fraction of sp³-hybridized carbons (Fsp3) is 0.600. The normalized spacial score (nSPS) is 18.3. The number of sulfonamides is 1. The predicted octanol–water partition coefficient (Wildman–Crippen LogP) is 1.20. The van der Waals surface area contributed by atoms with E-state index in [1.165, 1.54) is 4.31 Å². The molecule has 1 aromatic carbocycles. The van der Waals surface area contributed by atoms with E-state index in [0.717, 1.165) is 25.9 Å². The van der Waals surface area contributed by atoms with E-state index in [-0.39, 0.29) is 12.6 Å². The lowest BCUT2D eigenvalue weighted by atomic mass is 10.1. The Labute approximate surface area is 127 Å². The smallest absolute Gasteiger partial charge is 0.243 e. The van der Waals surface area contributed by atoms with Crippen LogP contribution in [-0.4, -0.2) is 56.0 Å². The first kappa shape index (κ1) is 16.4. The molecule has 1 aliphatic heterocycles. The molecule has 6 heteroatoms. The van der Waals surface area contributed by atoms with Crippen molar-refractivity contribution < 1.29 is 13.5 Å². The van der Waals surface area contributed by atoms with Gasteiger partial charge in [-0.3, -0.25) is 0 Å². The molecule has 1 aromatic rings. The molecule has 1 saturated heterocycles. The second kappa shape index (κ2) is 6.44. The molecule has 0 aromatic heterocycles. The summed E-state index contributed by atoms with van der Waals surface area (Å²) in [5.74, 6) is 0. The summed E-state index contributed by atoms with van der Waals surface area (Å²) in [5, 5.41) is 9.22. The summed E-state index contributed by atoms with van der Waals surface area (Å²) in [6.45, 7) is 3.47. The van der Waals surface area contributed by atoms with Crippen molar-refractivity contribution >= 4 is 10.0 Å². The fourth-order valence-electron chi connectivity index (χ4n) is 2.73. The highest BCUT2D eigenvalue weighted by molar-refractivity contribution is 7.89. The topological polar surface area (TPSA) is 60.9 Å². The van der Waals surface area contributed by atoms with Crippen LogP contribution in [0.25, 0.3) is 0 Å². The zero-order valence-corrected chi connectivity index (χ0v) is 13.7. The lowest BCUT2D eigenvalue weighted by Gasteiger charge is -2.34. The average Bonchev–Trinajstić information content (AvgIpc) is 2.47. The van der Waals surface area contributed by atoms with Gasteiger partial charge in [0.1, 0.15) is 0 Å². The highest BCUT2D eigenvalue weighted by Gasteiger charge is 2.31. The summed E-state index contributed by atoms with van der Waals surface area (Å²) in [6.07, 6.45) is 1.70. The SMILES string of the molecule is Cc1ccc(CO)cc1S(=O)(=O)N(C)C1CCN(C)CC1. The van der Waals surface area contributed by atoms with Crippen LogP contribution in [-0.2, 0) is 16.6 Å². The maximum atomic E-state index is 12.8. The van der Waals surface area contributed by atoms with E-state index in [9.17, 15) is 13.5 Å². The second-order valence-electron chi connectivity index (χ2n) is 5.81. The monoisotopic (exact) mass is 312 g/mol. The van der Waals surface area contributed by atoms with Gasteiger partial charge in [0.2, 0.25) is 10.0 Å². The molecule has 0 unspecified atom stereocenters. The summed E-state index contributed by atoms with van der Waals surface area (Å²) in [6, 6.07) is 5.13. The van der Waals surface area contributed by atoms with Gasteiger partial charge in [-0.25, -0.2) is 8.42 Å². The number of benzene rings is 1. The maximum Gasteiger partial charge on any atom is 0.243 e. The predicted molar refractivity (Wildman–Crippen MR) is 82.6 cm³/mol. The molecule has 0 atom stereocenters. The van der Waals surface area contributed by atoms with Gasteiger partial charge in [-0.1, -0.05) is 12.1 Å². The van der Waals surface area contributed by atoms with Crippen LogP contribution in [0.5, 0.6) is 0 Å². The summed E-state index contributed by atoms with van der Waals surface area (Å²) >= 11 is 0. The zero-order chi connectivity index (χ0) is 15.6. The van der Waals surface area contributed by atoms with E-state index >= 15 is 0 Å². The number of nitrogens with zero attached hydrogens (tertiary/aromatic N) is 2. The molecule has 1 fully saturated rings. The fourth-order valence-corrected chi connectivity index (χ4v) is 4.42. The standard InChI is InChI=1S/C15H24N2O3S/c1-12-4-5-13(11-18)10-15(12)21(19,20)17(3)14-6-8-16(2)9-7-14/h4-5,10,14,18H,6-9,11H2,1-3H3. The highest BCUT2D eigenvalue weighted by atomic mass is 32.2. The first-order valence-corrected chi connectivity index (χ1v) is 8.67. The van der Waals surface area contributed by atoms with E-state index in [2.05, 4.69) is 11.9 Å². The van der Waals surface area contributed by atoms with E-state index in [0.29, 0.717) is 16.0 Å².